The van der Waals surface area contributed by atoms with E-state index < -0.39 is 36.8 Å². The van der Waals surface area contributed by atoms with Crippen molar-refractivity contribution >= 4 is 5.69 Å². The third kappa shape index (κ3) is 4.29. The van der Waals surface area contributed by atoms with E-state index in [1.807, 2.05) is 0 Å². The van der Waals surface area contributed by atoms with Crippen molar-refractivity contribution in [2.75, 3.05) is 18.0 Å². The average Bonchev–Trinajstić information content (AvgIpc) is 2.33. The van der Waals surface area contributed by atoms with Gasteiger partial charge in [0.05, 0.1) is 12.2 Å². The fraction of sp³-hybridized carbons (Fsp3) is 0.500. The van der Waals surface area contributed by atoms with E-state index in [0.717, 1.165) is 6.07 Å². The fourth-order valence-corrected chi connectivity index (χ4v) is 1.77. The lowest BCUT2D eigenvalue weighted by atomic mass is 10.1. The Morgan fingerprint density at radius 1 is 1.10 bits per heavy atom. The zero-order chi connectivity index (χ0) is 15.6. The predicted molar refractivity (Wildman–Crippen MR) is 61.3 cm³/mol. The maximum absolute atomic E-state index is 12.9. The number of hydrogen-bond donors (Lipinski definition) is 1. The van der Waals surface area contributed by atoms with E-state index in [-0.39, 0.29) is 12.1 Å². The van der Waals surface area contributed by atoms with E-state index in [0.29, 0.717) is 11.0 Å². The monoisotopic (exact) mass is 301 g/mol. The van der Waals surface area contributed by atoms with Gasteiger partial charge >= 0.3 is 12.4 Å². The van der Waals surface area contributed by atoms with Gasteiger partial charge in [-0.15, -0.1) is 0 Å². The number of benzene rings is 1. The van der Waals surface area contributed by atoms with Crippen molar-refractivity contribution in [3.63, 3.8) is 0 Å². The molecule has 0 heterocycles. The average molecular weight is 301 g/mol. The van der Waals surface area contributed by atoms with Crippen molar-refractivity contribution < 1.29 is 31.4 Å². The van der Waals surface area contributed by atoms with Gasteiger partial charge in [-0.2, -0.15) is 26.3 Å². The molecule has 0 unspecified atom stereocenters. The molecule has 1 aromatic rings. The maximum atomic E-state index is 12.9. The lowest BCUT2D eigenvalue weighted by molar-refractivity contribution is -0.138. The Hall–Kier alpha value is -1.44. The van der Waals surface area contributed by atoms with Gasteiger partial charge in [0.2, 0.25) is 0 Å². The minimum absolute atomic E-state index is 0.0101. The van der Waals surface area contributed by atoms with Crippen molar-refractivity contribution in [3.8, 4) is 0 Å². The second-order valence-corrected chi connectivity index (χ2v) is 4.14. The summed E-state index contributed by atoms with van der Waals surface area (Å²) in [4.78, 5) is 0.601. The summed E-state index contributed by atoms with van der Waals surface area (Å²) in [6, 6.07) is 2.78. The third-order valence-electron chi connectivity index (χ3n) is 2.64. The molecule has 0 saturated carbocycles. The Kier molecular flexibility index (Phi) is 4.90. The van der Waals surface area contributed by atoms with E-state index >= 15 is 0 Å². The van der Waals surface area contributed by atoms with Crippen LogP contribution in [0.25, 0.3) is 0 Å². The molecule has 1 N–H and O–H groups in total. The first kappa shape index (κ1) is 16.6. The number of nitrogens with zero attached hydrogens (tertiary/aromatic N) is 1. The van der Waals surface area contributed by atoms with Crippen LogP contribution in [-0.4, -0.2) is 24.4 Å². The van der Waals surface area contributed by atoms with Crippen LogP contribution in [-0.2, 0) is 12.8 Å². The Morgan fingerprint density at radius 2 is 1.70 bits per heavy atom. The first-order valence-electron chi connectivity index (χ1n) is 5.71. The Morgan fingerprint density at radius 3 is 2.10 bits per heavy atom. The number of rotatable bonds is 4. The van der Waals surface area contributed by atoms with Crippen molar-refractivity contribution in [2.24, 2.45) is 0 Å². The number of alkyl halides is 6. The molecule has 0 fully saturated rings. The summed E-state index contributed by atoms with van der Waals surface area (Å²) in [5.74, 6) is 0. The molecule has 2 nitrogen and oxygen atoms in total. The standard InChI is InChI=1S/C12H13F6NO/c1-2-19(7-11(13,14)15)10-4-3-8(6-20)5-9(10)12(16,17)18/h3-5,20H,2,6-7H2,1H3. The molecule has 0 amide bonds. The molecule has 0 spiro atoms. The largest absolute Gasteiger partial charge is 0.418 e. The van der Waals surface area contributed by atoms with Crippen molar-refractivity contribution in [2.45, 2.75) is 25.9 Å². The molecule has 114 valence electrons. The van der Waals surface area contributed by atoms with Gasteiger partial charge in [-0.05, 0) is 24.6 Å². The van der Waals surface area contributed by atoms with Gasteiger partial charge in [-0.1, -0.05) is 6.07 Å². The normalized spacial score (nSPS) is 12.6. The predicted octanol–water partition coefficient (Wildman–Crippen LogP) is 3.59. The van der Waals surface area contributed by atoms with Crippen LogP contribution in [0.2, 0.25) is 0 Å². The second-order valence-electron chi connectivity index (χ2n) is 4.14. The van der Waals surface area contributed by atoms with E-state index in [4.69, 9.17) is 5.11 Å². The van der Waals surface area contributed by atoms with E-state index in [9.17, 15) is 26.3 Å². The zero-order valence-corrected chi connectivity index (χ0v) is 10.5. The molecular weight excluding hydrogens is 288 g/mol. The van der Waals surface area contributed by atoms with Crippen LogP contribution in [0.3, 0.4) is 0 Å². The topological polar surface area (TPSA) is 23.5 Å². The molecule has 0 saturated heterocycles. The number of aliphatic hydroxyl groups excluding tert-OH is 1. The summed E-state index contributed by atoms with van der Waals surface area (Å²) in [5, 5.41) is 8.84. The lowest BCUT2D eigenvalue weighted by Crippen LogP contribution is -2.35. The van der Waals surface area contributed by atoms with Crippen LogP contribution in [0.4, 0.5) is 32.0 Å². The molecule has 0 atom stereocenters. The van der Waals surface area contributed by atoms with Gasteiger partial charge in [0.1, 0.15) is 6.54 Å². The van der Waals surface area contributed by atoms with Gasteiger partial charge < -0.3 is 10.0 Å². The molecule has 1 rings (SSSR count). The number of halogens is 6. The van der Waals surface area contributed by atoms with E-state index in [1.165, 1.54) is 13.0 Å². The highest BCUT2D eigenvalue weighted by molar-refractivity contribution is 5.56. The molecule has 0 aliphatic heterocycles. The minimum atomic E-state index is -4.79. The van der Waals surface area contributed by atoms with Crippen LogP contribution in [0, 0.1) is 0 Å². The summed E-state index contributed by atoms with van der Waals surface area (Å²) in [5.41, 5.74) is -1.74. The molecule has 0 aliphatic carbocycles. The highest BCUT2D eigenvalue weighted by Gasteiger charge is 2.37. The Labute approximate surface area is 111 Å². The summed E-state index contributed by atoms with van der Waals surface area (Å²) < 4.78 is 75.9. The lowest BCUT2D eigenvalue weighted by Gasteiger charge is -2.27. The molecule has 8 heteroatoms. The highest BCUT2D eigenvalue weighted by Crippen LogP contribution is 2.38. The fourth-order valence-electron chi connectivity index (χ4n) is 1.77. The molecule has 0 aliphatic rings. The molecule has 0 aromatic heterocycles. The zero-order valence-electron chi connectivity index (χ0n) is 10.5. The summed E-state index contributed by atoms with van der Waals surface area (Å²) in [6.07, 6.45) is -9.39. The van der Waals surface area contributed by atoms with E-state index in [1.54, 1.807) is 0 Å². The molecular formula is C12H13F6NO. The number of hydrogen-bond acceptors (Lipinski definition) is 2. The summed E-state index contributed by atoms with van der Waals surface area (Å²) in [7, 11) is 0. The van der Waals surface area contributed by atoms with Crippen LogP contribution in [0.15, 0.2) is 18.2 Å². The summed E-state index contributed by atoms with van der Waals surface area (Å²) in [6.45, 7) is -0.966. The molecule has 1 aromatic carbocycles. The molecule has 20 heavy (non-hydrogen) atoms. The first-order valence-corrected chi connectivity index (χ1v) is 5.71. The Balaban J connectivity index is 3.27. The summed E-state index contributed by atoms with van der Waals surface area (Å²) >= 11 is 0. The first-order chi connectivity index (χ1) is 9.08. The molecule has 0 radical (unpaired) electrons. The minimum Gasteiger partial charge on any atom is -0.392 e. The van der Waals surface area contributed by atoms with Gasteiger partial charge in [0, 0.05) is 12.2 Å². The van der Waals surface area contributed by atoms with Gasteiger partial charge in [-0.3, -0.25) is 0 Å². The number of aliphatic hydroxyl groups is 1. The van der Waals surface area contributed by atoms with Crippen LogP contribution in [0.1, 0.15) is 18.1 Å². The van der Waals surface area contributed by atoms with Crippen molar-refractivity contribution in [1.82, 2.24) is 0 Å². The van der Waals surface area contributed by atoms with E-state index in [2.05, 4.69) is 0 Å². The van der Waals surface area contributed by atoms with Gasteiger partial charge in [0.25, 0.3) is 0 Å². The molecule has 0 bridgehead atoms. The Bertz CT molecular complexity index is 454. The third-order valence-corrected chi connectivity index (χ3v) is 2.64. The van der Waals surface area contributed by atoms with Gasteiger partial charge in [-0.25, -0.2) is 0 Å². The van der Waals surface area contributed by atoms with Crippen LogP contribution < -0.4 is 4.90 Å². The smallest absolute Gasteiger partial charge is 0.392 e. The van der Waals surface area contributed by atoms with Crippen LogP contribution in [0.5, 0.6) is 0 Å². The maximum Gasteiger partial charge on any atom is 0.418 e. The van der Waals surface area contributed by atoms with Crippen LogP contribution >= 0.6 is 0 Å². The van der Waals surface area contributed by atoms with Gasteiger partial charge in [0.15, 0.2) is 0 Å². The second kappa shape index (κ2) is 5.90. The SMILES string of the molecule is CCN(CC(F)(F)F)c1ccc(CO)cc1C(F)(F)F. The van der Waals surface area contributed by atoms with Crippen molar-refractivity contribution in [3.05, 3.63) is 29.3 Å². The quantitative estimate of drug-likeness (QED) is 0.859. The highest BCUT2D eigenvalue weighted by atomic mass is 19.4. The number of anilines is 1. The van der Waals surface area contributed by atoms with Crippen molar-refractivity contribution in [1.29, 1.82) is 0 Å².